The van der Waals surface area contributed by atoms with Crippen LogP contribution < -0.4 is 10.6 Å². The number of thioether (sulfide) groups is 1. The molecule has 3 heterocycles. The van der Waals surface area contributed by atoms with E-state index in [1.165, 1.54) is 12.8 Å². The van der Waals surface area contributed by atoms with Crippen molar-refractivity contribution in [3.8, 4) is 0 Å². The van der Waals surface area contributed by atoms with Gasteiger partial charge in [0.15, 0.2) is 0 Å². The molecule has 0 aliphatic carbocycles. The van der Waals surface area contributed by atoms with E-state index in [-0.39, 0.29) is 11.6 Å². The van der Waals surface area contributed by atoms with E-state index in [9.17, 15) is 4.79 Å². The average Bonchev–Trinajstić information content (AvgIpc) is 3.01. The Kier molecular flexibility index (Phi) is 2.85. The Morgan fingerprint density at radius 3 is 3.06 bits per heavy atom. The number of rotatable bonds is 1. The van der Waals surface area contributed by atoms with Crippen LogP contribution in [0, 0.1) is 0 Å². The summed E-state index contributed by atoms with van der Waals surface area (Å²) in [5.74, 6) is 2.18. The smallest absolute Gasteiger partial charge is 0.240 e. The highest BCUT2D eigenvalue weighted by Crippen LogP contribution is 2.30. The second kappa shape index (κ2) is 4.20. The van der Waals surface area contributed by atoms with Crippen LogP contribution in [0.25, 0.3) is 0 Å². The molecule has 3 aliphatic rings. The zero-order valence-corrected chi connectivity index (χ0v) is 10.3. The molecule has 0 radical (unpaired) electrons. The van der Waals surface area contributed by atoms with Gasteiger partial charge in [0.1, 0.15) is 0 Å². The highest BCUT2D eigenvalue weighted by Gasteiger charge is 2.43. The number of nitrogens with one attached hydrogen (secondary N) is 2. The van der Waals surface area contributed by atoms with E-state index < -0.39 is 0 Å². The number of likely N-dealkylation sites (tertiary alicyclic amines) is 1. The van der Waals surface area contributed by atoms with Crippen LogP contribution in [-0.4, -0.2) is 53.7 Å². The fourth-order valence-corrected chi connectivity index (χ4v) is 3.98. The second-order valence-electron chi connectivity index (χ2n) is 5.09. The van der Waals surface area contributed by atoms with Gasteiger partial charge >= 0.3 is 0 Å². The predicted octanol–water partition coefficient (Wildman–Crippen LogP) is 0.00340. The maximum absolute atomic E-state index is 12.2. The quantitative estimate of drug-likeness (QED) is 0.678. The number of amides is 1. The zero-order valence-electron chi connectivity index (χ0n) is 9.50. The fraction of sp³-hybridized carbons (Fsp3) is 0.909. The predicted molar refractivity (Wildman–Crippen MR) is 65.4 cm³/mol. The van der Waals surface area contributed by atoms with Crippen molar-refractivity contribution in [2.75, 3.05) is 31.3 Å². The molecule has 0 aromatic rings. The molecule has 3 fully saturated rings. The summed E-state index contributed by atoms with van der Waals surface area (Å²) >= 11 is 1.82. The van der Waals surface area contributed by atoms with E-state index in [0.29, 0.717) is 5.91 Å². The Morgan fingerprint density at radius 1 is 1.44 bits per heavy atom. The van der Waals surface area contributed by atoms with Gasteiger partial charge in [-0.15, -0.1) is 11.8 Å². The lowest BCUT2D eigenvalue weighted by atomic mass is 9.97. The maximum atomic E-state index is 12.2. The standard InChI is InChI=1S/C11H19N3OS/c15-10(9-6-16-8-12-9)14-5-3-11(7-14)2-1-4-13-11/h9,12-13H,1-8H2/t9-,11?/m1/s1. The molecule has 1 unspecified atom stereocenters. The number of carbonyl (C=O) groups is 1. The van der Waals surface area contributed by atoms with E-state index in [0.717, 1.165) is 37.7 Å². The lowest BCUT2D eigenvalue weighted by Crippen LogP contribution is -2.48. The third kappa shape index (κ3) is 1.85. The Balaban J connectivity index is 1.62. The molecule has 3 saturated heterocycles. The lowest BCUT2D eigenvalue weighted by Gasteiger charge is -2.25. The first-order valence-corrected chi connectivity index (χ1v) is 7.30. The van der Waals surface area contributed by atoms with Gasteiger partial charge in [0, 0.05) is 30.3 Å². The van der Waals surface area contributed by atoms with Crippen LogP contribution in [0.1, 0.15) is 19.3 Å². The molecule has 16 heavy (non-hydrogen) atoms. The van der Waals surface area contributed by atoms with Gasteiger partial charge in [-0.3, -0.25) is 10.1 Å². The average molecular weight is 241 g/mol. The number of nitrogens with zero attached hydrogens (tertiary/aromatic N) is 1. The molecule has 2 N–H and O–H groups in total. The third-order valence-corrected chi connectivity index (χ3v) is 4.95. The first-order valence-electron chi connectivity index (χ1n) is 6.14. The van der Waals surface area contributed by atoms with Crippen LogP contribution in [-0.2, 0) is 4.79 Å². The summed E-state index contributed by atoms with van der Waals surface area (Å²) in [5.41, 5.74) is 0.265. The Morgan fingerprint density at radius 2 is 2.38 bits per heavy atom. The van der Waals surface area contributed by atoms with Crippen molar-refractivity contribution < 1.29 is 4.79 Å². The molecule has 4 nitrogen and oxygen atoms in total. The zero-order chi connectivity index (χ0) is 11.0. The van der Waals surface area contributed by atoms with Crippen LogP contribution in [0.15, 0.2) is 0 Å². The molecule has 5 heteroatoms. The number of hydrogen-bond donors (Lipinski definition) is 2. The molecule has 90 valence electrons. The molecule has 3 aliphatic heterocycles. The Labute approximate surface area is 101 Å². The van der Waals surface area contributed by atoms with Crippen LogP contribution in [0.5, 0.6) is 0 Å². The molecule has 2 atom stereocenters. The van der Waals surface area contributed by atoms with E-state index >= 15 is 0 Å². The van der Waals surface area contributed by atoms with Crippen molar-refractivity contribution >= 4 is 17.7 Å². The third-order valence-electron chi connectivity index (χ3n) is 4.01. The van der Waals surface area contributed by atoms with Crippen LogP contribution in [0.4, 0.5) is 0 Å². The molecule has 3 rings (SSSR count). The van der Waals surface area contributed by atoms with Crippen molar-refractivity contribution in [2.24, 2.45) is 0 Å². The van der Waals surface area contributed by atoms with E-state index in [4.69, 9.17) is 0 Å². The molecule has 0 saturated carbocycles. The summed E-state index contributed by atoms with van der Waals surface area (Å²) in [4.78, 5) is 14.3. The fourth-order valence-electron chi connectivity index (χ4n) is 3.05. The second-order valence-corrected chi connectivity index (χ2v) is 6.12. The first kappa shape index (κ1) is 10.9. The summed E-state index contributed by atoms with van der Waals surface area (Å²) < 4.78 is 0. The van der Waals surface area contributed by atoms with Gasteiger partial charge in [-0.2, -0.15) is 0 Å². The van der Waals surface area contributed by atoms with Gasteiger partial charge in [0.25, 0.3) is 0 Å². The largest absolute Gasteiger partial charge is 0.339 e. The van der Waals surface area contributed by atoms with Crippen LogP contribution in [0.2, 0.25) is 0 Å². The number of carbonyl (C=O) groups excluding carboxylic acids is 1. The summed E-state index contributed by atoms with van der Waals surface area (Å²) in [6.45, 7) is 2.99. The van der Waals surface area contributed by atoms with Gasteiger partial charge in [-0.25, -0.2) is 0 Å². The van der Waals surface area contributed by atoms with Crippen molar-refractivity contribution in [3.05, 3.63) is 0 Å². The topological polar surface area (TPSA) is 44.4 Å². The lowest BCUT2D eigenvalue weighted by molar-refractivity contribution is -0.131. The minimum absolute atomic E-state index is 0.0709. The van der Waals surface area contributed by atoms with Crippen molar-refractivity contribution in [2.45, 2.75) is 30.8 Å². The molecule has 0 bridgehead atoms. The molecular weight excluding hydrogens is 222 g/mol. The normalized spacial score (nSPS) is 38.8. The van der Waals surface area contributed by atoms with Gasteiger partial charge in [-0.1, -0.05) is 0 Å². The first-order chi connectivity index (χ1) is 7.79. The molecular formula is C11H19N3OS. The van der Waals surface area contributed by atoms with Crippen LogP contribution in [0.3, 0.4) is 0 Å². The van der Waals surface area contributed by atoms with Gasteiger partial charge in [-0.05, 0) is 25.8 Å². The SMILES string of the molecule is O=C([C@H]1CSCN1)N1CCC2(CCCN2)C1. The Hall–Kier alpha value is -0.260. The van der Waals surface area contributed by atoms with Crippen molar-refractivity contribution in [1.29, 1.82) is 0 Å². The molecule has 0 aromatic carbocycles. The maximum Gasteiger partial charge on any atom is 0.240 e. The molecule has 1 amide bonds. The van der Waals surface area contributed by atoms with E-state index in [2.05, 4.69) is 15.5 Å². The summed E-state index contributed by atoms with van der Waals surface area (Å²) in [6.07, 6.45) is 3.64. The van der Waals surface area contributed by atoms with E-state index in [1.807, 2.05) is 11.8 Å². The highest BCUT2D eigenvalue weighted by atomic mass is 32.2. The number of hydrogen-bond acceptors (Lipinski definition) is 4. The Bertz CT molecular complexity index is 285. The monoisotopic (exact) mass is 241 g/mol. The highest BCUT2D eigenvalue weighted by molar-refractivity contribution is 7.99. The minimum Gasteiger partial charge on any atom is -0.339 e. The van der Waals surface area contributed by atoms with Crippen molar-refractivity contribution in [1.82, 2.24) is 15.5 Å². The van der Waals surface area contributed by atoms with Gasteiger partial charge in [0.05, 0.1) is 6.04 Å². The summed E-state index contributed by atoms with van der Waals surface area (Å²) in [7, 11) is 0. The van der Waals surface area contributed by atoms with Crippen molar-refractivity contribution in [3.63, 3.8) is 0 Å². The van der Waals surface area contributed by atoms with E-state index in [1.54, 1.807) is 0 Å². The summed E-state index contributed by atoms with van der Waals surface area (Å²) in [5, 5.41) is 6.85. The minimum atomic E-state index is 0.0709. The van der Waals surface area contributed by atoms with Crippen LogP contribution >= 0.6 is 11.8 Å². The van der Waals surface area contributed by atoms with Gasteiger partial charge in [0.2, 0.25) is 5.91 Å². The summed E-state index contributed by atoms with van der Waals surface area (Å²) in [6, 6.07) is 0.0709. The van der Waals surface area contributed by atoms with Gasteiger partial charge < -0.3 is 10.2 Å². The molecule has 1 spiro atoms. The molecule has 0 aromatic heterocycles.